The third-order valence-corrected chi connectivity index (χ3v) is 4.33. The van der Waals surface area contributed by atoms with Crippen LogP contribution in [0.4, 0.5) is 11.5 Å². The van der Waals surface area contributed by atoms with Gasteiger partial charge in [0.25, 0.3) is 0 Å². The lowest BCUT2D eigenvalue weighted by Gasteiger charge is -2.09. The first-order valence-electron chi connectivity index (χ1n) is 5.69. The van der Waals surface area contributed by atoms with Gasteiger partial charge in [0.2, 0.25) is 5.28 Å². The van der Waals surface area contributed by atoms with E-state index in [-0.39, 0.29) is 5.28 Å². The highest BCUT2D eigenvalue weighted by atomic mass is 35.5. The van der Waals surface area contributed by atoms with Gasteiger partial charge >= 0.3 is 0 Å². The summed E-state index contributed by atoms with van der Waals surface area (Å²) in [5.41, 5.74) is 0.719. The second kappa shape index (κ2) is 5.37. The summed E-state index contributed by atoms with van der Waals surface area (Å²) in [5.74, 6) is 0.633. The predicted octanol–water partition coefficient (Wildman–Crippen LogP) is 5.70. The summed E-state index contributed by atoms with van der Waals surface area (Å²) in [5, 5.41) is 5.40. The van der Waals surface area contributed by atoms with Gasteiger partial charge in [-0.05, 0) is 42.8 Å². The van der Waals surface area contributed by atoms with Gasteiger partial charge in [-0.2, -0.15) is 4.98 Å². The third kappa shape index (κ3) is 2.69. The molecule has 1 aromatic carbocycles. The Kier molecular flexibility index (Phi) is 3.73. The molecule has 0 bridgehead atoms. The van der Waals surface area contributed by atoms with Crippen molar-refractivity contribution in [1.29, 1.82) is 0 Å². The van der Waals surface area contributed by atoms with Crippen molar-refractivity contribution < 1.29 is 0 Å². The summed E-state index contributed by atoms with van der Waals surface area (Å²) in [6.07, 6.45) is 0. The van der Waals surface area contributed by atoms with Crippen LogP contribution >= 0.6 is 46.1 Å². The van der Waals surface area contributed by atoms with Gasteiger partial charge in [0.1, 0.15) is 10.6 Å². The molecule has 0 atom stereocenters. The zero-order chi connectivity index (χ0) is 14.3. The van der Waals surface area contributed by atoms with Crippen LogP contribution in [0.1, 0.15) is 4.88 Å². The second-order valence-corrected chi connectivity index (χ2v) is 6.58. The molecule has 2 aromatic heterocycles. The molecule has 1 N–H and O–H groups in total. The Balaban J connectivity index is 2.10. The molecule has 3 aromatic rings. The van der Waals surface area contributed by atoms with Crippen LogP contribution in [0.2, 0.25) is 15.3 Å². The molecule has 0 aliphatic heterocycles. The molecule has 0 saturated carbocycles. The summed E-state index contributed by atoms with van der Waals surface area (Å²) in [6.45, 7) is 2.01. The van der Waals surface area contributed by atoms with E-state index in [0.29, 0.717) is 15.9 Å². The van der Waals surface area contributed by atoms with Gasteiger partial charge < -0.3 is 5.32 Å². The molecular formula is C13H8Cl3N3S. The number of aromatic nitrogens is 2. The van der Waals surface area contributed by atoms with Crippen molar-refractivity contribution in [3.8, 4) is 0 Å². The van der Waals surface area contributed by atoms with E-state index in [9.17, 15) is 0 Å². The van der Waals surface area contributed by atoms with Crippen LogP contribution < -0.4 is 5.32 Å². The van der Waals surface area contributed by atoms with Crippen LogP contribution in [0.25, 0.3) is 10.2 Å². The zero-order valence-electron chi connectivity index (χ0n) is 10.2. The Morgan fingerprint density at radius 1 is 1.10 bits per heavy atom. The number of fused-ring (bicyclic) bond motifs is 1. The molecule has 0 aliphatic carbocycles. The maximum Gasteiger partial charge on any atom is 0.225 e. The summed E-state index contributed by atoms with van der Waals surface area (Å²) >= 11 is 19.6. The van der Waals surface area contributed by atoms with Crippen molar-refractivity contribution in [2.45, 2.75) is 6.92 Å². The van der Waals surface area contributed by atoms with Crippen molar-refractivity contribution in [3.63, 3.8) is 0 Å². The van der Waals surface area contributed by atoms with Gasteiger partial charge in [-0.15, -0.1) is 11.3 Å². The van der Waals surface area contributed by atoms with E-state index in [1.165, 1.54) is 0 Å². The van der Waals surface area contributed by atoms with Crippen molar-refractivity contribution in [1.82, 2.24) is 9.97 Å². The lowest BCUT2D eigenvalue weighted by molar-refractivity contribution is 1.23. The fourth-order valence-electron chi connectivity index (χ4n) is 1.83. The van der Waals surface area contributed by atoms with Crippen LogP contribution in [-0.2, 0) is 0 Å². The molecule has 20 heavy (non-hydrogen) atoms. The van der Waals surface area contributed by atoms with Gasteiger partial charge in [-0.1, -0.05) is 23.2 Å². The fourth-order valence-corrected chi connectivity index (χ4v) is 3.38. The minimum atomic E-state index is 0.201. The number of thiophene rings is 1. The van der Waals surface area contributed by atoms with Gasteiger partial charge in [0, 0.05) is 9.90 Å². The molecule has 0 unspecified atom stereocenters. The van der Waals surface area contributed by atoms with Crippen LogP contribution in [-0.4, -0.2) is 9.97 Å². The lowest BCUT2D eigenvalue weighted by atomic mass is 10.3. The molecule has 0 aliphatic rings. The average molecular weight is 345 g/mol. The Morgan fingerprint density at radius 2 is 1.90 bits per heavy atom. The van der Waals surface area contributed by atoms with Crippen molar-refractivity contribution in [3.05, 3.63) is 44.5 Å². The molecular weight excluding hydrogens is 337 g/mol. The average Bonchev–Trinajstić information content (AvgIpc) is 2.73. The SMILES string of the molecule is Cc1cc2c(Nc3ccc(Cl)cc3Cl)nc(Cl)nc2s1. The second-order valence-electron chi connectivity index (χ2n) is 4.17. The molecule has 0 spiro atoms. The van der Waals surface area contributed by atoms with Gasteiger partial charge in [-0.25, -0.2) is 4.98 Å². The minimum Gasteiger partial charge on any atom is -0.338 e. The number of rotatable bonds is 2. The van der Waals surface area contributed by atoms with Crippen LogP contribution in [0.5, 0.6) is 0 Å². The summed E-state index contributed by atoms with van der Waals surface area (Å²) < 4.78 is 0. The largest absolute Gasteiger partial charge is 0.338 e. The zero-order valence-corrected chi connectivity index (χ0v) is 13.3. The molecule has 3 nitrogen and oxygen atoms in total. The third-order valence-electron chi connectivity index (χ3n) is 2.67. The first-order valence-corrected chi connectivity index (χ1v) is 7.64. The molecule has 102 valence electrons. The highest BCUT2D eigenvalue weighted by Gasteiger charge is 2.11. The van der Waals surface area contributed by atoms with E-state index in [1.807, 2.05) is 13.0 Å². The lowest BCUT2D eigenvalue weighted by Crippen LogP contribution is -1.96. The van der Waals surface area contributed by atoms with Crippen molar-refractivity contribution >= 4 is 67.9 Å². The highest BCUT2D eigenvalue weighted by Crippen LogP contribution is 2.33. The number of benzene rings is 1. The number of hydrogen-bond acceptors (Lipinski definition) is 4. The summed E-state index contributed by atoms with van der Waals surface area (Å²) in [6, 6.07) is 7.24. The molecule has 0 fully saturated rings. The van der Waals surface area contributed by atoms with Crippen molar-refractivity contribution in [2.24, 2.45) is 0 Å². The van der Waals surface area contributed by atoms with Crippen LogP contribution in [0.15, 0.2) is 24.3 Å². The molecule has 7 heteroatoms. The quantitative estimate of drug-likeness (QED) is 0.606. The monoisotopic (exact) mass is 343 g/mol. The number of halogens is 3. The number of anilines is 2. The number of nitrogens with one attached hydrogen (secondary N) is 1. The first kappa shape index (κ1) is 13.9. The Hall–Kier alpha value is -1.07. The predicted molar refractivity (Wildman–Crippen MR) is 86.9 cm³/mol. The van der Waals surface area contributed by atoms with E-state index >= 15 is 0 Å². The van der Waals surface area contributed by atoms with Gasteiger partial charge in [0.05, 0.1) is 16.1 Å². The Morgan fingerprint density at radius 3 is 2.65 bits per heavy atom. The first-order chi connectivity index (χ1) is 9.52. The number of nitrogens with zero attached hydrogens (tertiary/aromatic N) is 2. The molecule has 0 radical (unpaired) electrons. The number of hydrogen-bond donors (Lipinski definition) is 1. The highest BCUT2D eigenvalue weighted by molar-refractivity contribution is 7.18. The van der Waals surface area contributed by atoms with E-state index in [1.54, 1.807) is 29.5 Å². The smallest absolute Gasteiger partial charge is 0.225 e. The van der Waals surface area contributed by atoms with E-state index in [2.05, 4.69) is 15.3 Å². The van der Waals surface area contributed by atoms with Gasteiger partial charge in [0.15, 0.2) is 0 Å². The van der Waals surface area contributed by atoms with E-state index in [4.69, 9.17) is 34.8 Å². The van der Waals surface area contributed by atoms with Crippen LogP contribution in [0, 0.1) is 6.92 Å². The Bertz CT molecular complexity index is 801. The van der Waals surface area contributed by atoms with Crippen molar-refractivity contribution in [2.75, 3.05) is 5.32 Å². The van der Waals surface area contributed by atoms with E-state index in [0.717, 1.165) is 20.8 Å². The standard InChI is InChI=1S/C13H8Cl3N3S/c1-6-4-8-11(18-13(16)19-12(8)20-6)17-10-3-2-7(14)5-9(10)15/h2-5H,1H3,(H,17,18,19). The normalized spacial score (nSPS) is 11.0. The Labute approximate surface area is 134 Å². The maximum atomic E-state index is 6.15. The van der Waals surface area contributed by atoms with E-state index < -0.39 is 0 Å². The fraction of sp³-hybridized carbons (Fsp3) is 0.0769. The van der Waals surface area contributed by atoms with Gasteiger partial charge in [-0.3, -0.25) is 0 Å². The molecule has 0 amide bonds. The maximum absolute atomic E-state index is 6.15. The topological polar surface area (TPSA) is 37.8 Å². The molecule has 2 heterocycles. The molecule has 0 saturated heterocycles. The molecule has 3 rings (SSSR count). The summed E-state index contributed by atoms with van der Waals surface area (Å²) in [7, 11) is 0. The number of aryl methyl sites for hydroxylation is 1. The summed E-state index contributed by atoms with van der Waals surface area (Å²) in [4.78, 5) is 10.4. The van der Waals surface area contributed by atoms with Crippen LogP contribution in [0.3, 0.4) is 0 Å². The minimum absolute atomic E-state index is 0.201.